The summed E-state index contributed by atoms with van der Waals surface area (Å²) in [5.74, 6) is 0.666. The van der Waals surface area contributed by atoms with Crippen LogP contribution in [0.1, 0.15) is 54.4 Å². The molecule has 0 rings (SSSR count). The van der Waals surface area contributed by atoms with Crippen LogP contribution in [0, 0.1) is 11.3 Å². The third-order valence-electron chi connectivity index (χ3n) is 3.08. The highest BCUT2D eigenvalue weighted by atomic mass is 16.3. The highest BCUT2D eigenvalue weighted by molar-refractivity contribution is 4.78. The highest BCUT2D eigenvalue weighted by Crippen LogP contribution is 2.21. The van der Waals surface area contributed by atoms with Gasteiger partial charge in [-0.2, -0.15) is 0 Å². The zero-order valence-corrected chi connectivity index (χ0v) is 11.3. The molecule has 0 aromatic heterocycles. The summed E-state index contributed by atoms with van der Waals surface area (Å²) in [6.07, 6.45) is 2.20. The fourth-order valence-electron chi connectivity index (χ4n) is 1.80. The van der Waals surface area contributed by atoms with Crippen LogP contribution in [0.2, 0.25) is 0 Å². The molecule has 0 aliphatic rings. The second kappa shape index (κ2) is 6.49. The average molecular weight is 215 g/mol. The van der Waals surface area contributed by atoms with E-state index >= 15 is 0 Å². The summed E-state index contributed by atoms with van der Waals surface area (Å²) in [4.78, 5) is 0. The first kappa shape index (κ1) is 14.9. The highest BCUT2D eigenvalue weighted by Gasteiger charge is 2.20. The van der Waals surface area contributed by atoms with Gasteiger partial charge in [-0.05, 0) is 24.7 Å². The van der Waals surface area contributed by atoms with Gasteiger partial charge in [0.2, 0.25) is 0 Å². The predicted molar refractivity (Wildman–Crippen MR) is 67.0 cm³/mol. The van der Waals surface area contributed by atoms with Crippen LogP contribution in [0.15, 0.2) is 0 Å². The molecule has 0 heterocycles. The van der Waals surface area contributed by atoms with Crippen molar-refractivity contribution in [1.29, 1.82) is 0 Å². The first-order valence-corrected chi connectivity index (χ1v) is 6.17. The molecular formula is C13H29NO. The van der Waals surface area contributed by atoms with E-state index in [2.05, 4.69) is 46.9 Å². The fourth-order valence-corrected chi connectivity index (χ4v) is 1.80. The lowest BCUT2D eigenvalue weighted by atomic mass is 9.87. The first-order valence-electron chi connectivity index (χ1n) is 6.17. The van der Waals surface area contributed by atoms with E-state index in [0.29, 0.717) is 12.0 Å². The van der Waals surface area contributed by atoms with Gasteiger partial charge in [-0.3, -0.25) is 0 Å². The Morgan fingerprint density at radius 1 is 1.20 bits per heavy atom. The SMILES string of the molecule is CCC(C)C(C)NC(CO)CC(C)(C)C. The molecular weight excluding hydrogens is 186 g/mol. The Morgan fingerprint density at radius 3 is 2.07 bits per heavy atom. The van der Waals surface area contributed by atoms with Crippen LogP contribution >= 0.6 is 0 Å². The smallest absolute Gasteiger partial charge is 0.0584 e. The maximum atomic E-state index is 9.33. The molecule has 3 atom stereocenters. The summed E-state index contributed by atoms with van der Waals surface area (Å²) in [5, 5.41) is 12.9. The van der Waals surface area contributed by atoms with Gasteiger partial charge in [0.15, 0.2) is 0 Å². The monoisotopic (exact) mass is 215 g/mol. The normalized spacial score (nSPS) is 18.6. The summed E-state index contributed by atoms with van der Waals surface area (Å²) in [5.41, 5.74) is 0.273. The number of hydrogen-bond acceptors (Lipinski definition) is 2. The summed E-state index contributed by atoms with van der Waals surface area (Å²) in [7, 11) is 0. The van der Waals surface area contributed by atoms with Crippen molar-refractivity contribution in [1.82, 2.24) is 5.32 Å². The van der Waals surface area contributed by atoms with Crippen molar-refractivity contribution in [3.8, 4) is 0 Å². The topological polar surface area (TPSA) is 32.3 Å². The van der Waals surface area contributed by atoms with Crippen LogP contribution in [0.5, 0.6) is 0 Å². The van der Waals surface area contributed by atoms with Crippen molar-refractivity contribution in [3.05, 3.63) is 0 Å². The molecule has 0 spiro atoms. The number of hydrogen-bond donors (Lipinski definition) is 2. The van der Waals surface area contributed by atoms with Gasteiger partial charge < -0.3 is 10.4 Å². The second-order valence-electron chi connectivity index (χ2n) is 5.99. The molecule has 0 aliphatic carbocycles. The lowest BCUT2D eigenvalue weighted by Crippen LogP contribution is -2.43. The molecule has 0 aromatic carbocycles. The van der Waals surface area contributed by atoms with Crippen LogP contribution < -0.4 is 5.32 Å². The molecule has 2 N–H and O–H groups in total. The summed E-state index contributed by atoms with van der Waals surface area (Å²) < 4.78 is 0. The molecule has 0 aliphatic heterocycles. The van der Waals surface area contributed by atoms with E-state index in [-0.39, 0.29) is 18.1 Å². The third-order valence-corrected chi connectivity index (χ3v) is 3.08. The van der Waals surface area contributed by atoms with E-state index in [9.17, 15) is 5.11 Å². The van der Waals surface area contributed by atoms with Crippen LogP contribution in [-0.4, -0.2) is 23.8 Å². The maximum absolute atomic E-state index is 9.33. The number of aliphatic hydroxyl groups is 1. The largest absolute Gasteiger partial charge is 0.395 e. The number of aliphatic hydroxyl groups excluding tert-OH is 1. The zero-order valence-electron chi connectivity index (χ0n) is 11.3. The van der Waals surface area contributed by atoms with Gasteiger partial charge in [0, 0.05) is 12.1 Å². The fraction of sp³-hybridized carbons (Fsp3) is 1.00. The molecule has 0 bridgehead atoms. The minimum atomic E-state index is 0.231. The van der Waals surface area contributed by atoms with Crippen LogP contribution in [0.4, 0.5) is 0 Å². The quantitative estimate of drug-likeness (QED) is 0.714. The van der Waals surface area contributed by atoms with Crippen LogP contribution in [-0.2, 0) is 0 Å². The van der Waals surface area contributed by atoms with E-state index in [1.165, 1.54) is 6.42 Å². The van der Waals surface area contributed by atoms with Gasteiger partial charge in [-0.1, -0.05) is 41.0 Å². The van der Waals surface area contributed by atoms with E-state index in [0.717, 1.165) is 6.42 Å². The minimum absolute atomic E-state index is 0.231. The van der Waals surface area contributed by atoms with Crippen molar-refractivity contribution >= 4 is 0 Å². The van der Waals surface area contributed by atoms with Crippen molar-refractivity contribution in [2.45, 2.75) is 66.5 Å². The summed E-state index contributed by atoms with van der Waals surface area (Å²) in [6.45, 7) is 13.5. The standard InChI is InChI=1S/C13H29NO/c1-7-10(2)11(3)14-12(9-15)8-13(4,5)6/h10-12,14-15H,7-9H2,1-6H3. The van der Waals surface area contributed by atoms with Crippen molar-refractivity contribution in [3.63, 3.8) is 0 Å². The van der Waals surface area contributed by atoms with Gasteiger partial charge in [0.1, 0.15) is 0 Å². The average Bonchev–Trinajstić information content (AvgIpc) is 2.13. The molecule has 0 aromatic rings. The molecule has 2 heteroatoms. The molecule has 15 heavy (non-hydrogen) atoms. The van der Waals surface area contributed by atoms with Crippen molar-refractivity contribution < 1.29 is 5.11 Å². The Bertz CT molecular complexity index is 162. The minimum Gasteiger partial charge on any atom is -0.395 e. The molecule has 3 unspecified atom stereocenters. The molecule has 0 fully saturated rings. The Morgan fingerprint density at radius 2 is 1.73 bits per heavy atom. The third kappa shape index (κ3) is 6.91. The number of nitrogens with one attached hydrogen (secondary N) is 1. The van der Waals surface area contributed by atoms with Gasteiger partial charge >= 0.3 is 0 Å². The summed E-state index contributed by atoms with van der Waals surface area (Å²) in [6, 6.07) is 0.712. The van der Waals surface area contributed by atoms with Crippen molar-refractivity contribution in [2.24, 2.45) is 11.3 Å². The van der Waals surface area contributed by atoms with Crippen molar-refractivity contribution in [2.75, 3.05) is 6.61 Å². The summed E-state index contributed by atoms with van der Waals surface area (Å²) >= 11 is 0. The Balaban J connectivity index is 4.09. The molecule has 0 radical (unpaired) electrons. The first-order chi connectivity index (χ1) is 6.80. The maximum Gasteiger partial charge on any atom is 0.0584 e. The van der Waals surface area contributed by atoms with Gasteiger partial charge in [0.25, 0.3) is 0 Å². The van der Waals surface area contributed by atoms with E-state index in [1.807, 2.05) is 0 Å². The second-order valence-corrected chi connectivity index (χ2v) is 5.99. The van der Waals surface area contributed by atoms with Gasteiger partial charge in [-0.25, -0.2) is 0 Å². The van der Waals surface area contributed by atoms with Gasteiger partial charge in [-0.15, -0.1) is 0 Å². The lowest BCUT2D eigenvalue weighted by Gasteiger charge is -2.30. The number of rotatable bonds is 6. The lowest BCUT2D eigenvalue weighted by molar-refractivity contribution is 0.180. The Hall–Kier alpha value is -0.0800. The predicted octanol–water partition coefficient (Wildman–Crippen LogP) is 2.81. The molecule has 2 nitrogen and oxygen atoms in total. The van der Waals surface area contributed by atoms with Crippen LogP contribution in [0.25, 0.3) is 0 Å². The Kier molecular flexibility index (Phi) is 6.46. The zero-order chi connectivity index (χ0) is 12.1. The molecule has 0 saturated carbocycles. The Labute approximate surface area is 95.5 Å². The van der Waals surface area contributed by atoms with Gasteiger partial charge in [0.05, 0.1) is 6.61 Å². The van der Waals surface area contributed by atoms with E-state index in [4.69, 9.17) is 0 Å². The van der Waals surface area contributed by atoms with E-state index < -0.39 is 0 Å². The molecule has 0 amide bonds. The molecule has 0 saturated heterocycles. The molecule has 92 valence electrons. The van der Waals surface area contributed by atoms with Crippen LogP contribution in [0.3, 0.4) is 0 Å². The van der Waals surface area contributed by atoms with E-state index in [1.54, 1.807) is 0 Å².